The molecule has 0 bridgehead atoms. The Labute approximate surface area is 177 Å². The molecular formula is C23H18ClFN2O3. The zero-order valence-electron chi connectivity index (χ0n) is 16.0. The first-order chi connectivity index (χ1) is 14.3. The Balaban J connectivity index is 1.66. The summed E-state index contributed by atoms with van der Waals surface area (Å²) < 4.78 is 14.0. The number of nitrogens with zero attached hydrogens (tertiary/aromatic N) is 1. The summed E-state index contributed by atoms with van der Waals surface area (Å²) in [5.41, 5.74) is 0.184. The summed E-state index contributed by atoms with van der Waals surface area (Å²) in [4.78, 5) is 27.1. The number of aliphatic hydroxyl groups is 1. The number of aryl methyl sites for hydroxylation is 1. The van der Waals surface area contributed by atoms with E-state index in [2.05, 4.69) is 5.32 Å². The number of hydrogen-bond donors (Lipinski definition) is 2. The van der Waals surface area contributed by atoms with Gasteiger partial charge in [0.25, 0.3) is 5.91 Å². The lowest BCUT2D eigenvalue weighted by atomic mass is 9.87. The fourth-order valence-corrected chi connectivity index (χ4v) is 3.82. The number of carbonyl (C=O) groups excluding carboxylic acids is 2. The van der Waals surface area contributed by atoms with Gasteiger partial charge in [-0.25, -0.2) is 4.39 Å². The predicted octanol–water partition coefficient (Wildman–Crippen LogP) is 4.01. The van der Waals surface area contributed by atoms with Crippen molar-refractivity contribution in [3.63, 3.8) is 0 Å². The van der Waals surface area contributed by atoms with Gasteiger partial charge in [-0.15, -0.1) is 0 Å². The minimum atomic E-state index is -1.91. The molecular weight excluding hydrogens is 407 g/mol. The molecule has 3 aromatic carbocycles. The number of rotatable bonds is 4. The van der Waals surface area contributed by atoms with E-state index in [9.17, 15) is 19.1 Å². The van der Waals surface area contributed by atoms with E-state index in [0.29, 0.717) is 16.8 Å². The minimum Gasteiger partial charge on any atom is -0.372 e. The van der Waals surface area contributed by atoms with Crippen molar-refractivity contribution in [2.24, 2.45) is 0 Å². The first kappa shape index (κ1) is 20.1. The molecule has 1 atom stereocenters. The molecule has 0 saturated heterocycles. The molecule has 0 saturated carbocycles. The summed E-state index contributed by atoms with van der Waals surface area (Å²) in [5.74, 6) is -1.92. The lowest BCUT2D eigenvalue weighted by Gasteiger charge is -2.24. The van der Waals surface area contributed by atoms with Crippen molar-refractivity contribution in [2.45, 2.75) is 12.5 Å². The van der Waals surface area contributed by atoms with Gasteiger partial charge >= 0.3 is 0 Å². The number of carbonyl (C=O) groups is 2. The van der Waals surface area contributed by atoms with Crippen LogP contribution < -0.4 is 10.2 Å². The van der Waals surface area contributed by atoms with E-state index in [4.69, 9.17) is 11.6 Å². The second-order valence-electron chi connectivity index (χ2n) is 7.16. The van der Waals surface area contributed by atoms with Gasteiger partial charge in [-0.05, 0) is 36.8 Å². The molecule has 5 nitrogen and oxygen atoms in total. The van der Waals surface area contributed by atoms with Gasteiger partial charge in [-0.3, -0.25) is 14.5 Å². The van der Waals surface area contributed by atoms with E-state index in [-0.39, 0.29) is 17.3 Å². The van der Waals surface area contributed by atoms with Crippen LogP contribution in [0.25, 0.3) is 0 Å². The monoisotopic (exact) mass is 424 g/mol. The summed E-state index contributed by atoms with van der Waals surface area (Å²) in [6.07, 6.45) is 0. The Kier molecular flexibility index (Phi) is 5.05. The summed E-state index contributed by atoms with van der Waals surface area (Å²) in [6.45, 7) is 1.48. The van der Waals surface area contributed by atoms with Crippen LogP contribution in [-0.2, 0) is 15.2 Å². The van der Waals surface area contributed by atoms with Crippen molar-refractivity contribution in [1.82, 2.24) is 0 Å². The molecule has 0 radical (unpaired) electrons. The van der Waals surface area contributed by atoms with Crippen molar-refractivity contribution in [3.8, 4) is 0 Å². The van der Waals surface area contributed by atoms with Gasteiger partial charge in [0.1, 0.15) is 12.4 Å². The van der Waals surface area contributed by atoms with Crippen LogP contribution in [0.3, 0.4) is 0 Å². The third kappa shape index (κ3) is 3.34. The van der Waals surface area contributed by atoms with E-state index < -0.39 is 23.2 Å². The van der Waals surface area contributed by atoms with E-state index in [1.165, 1.54) is 17.0 Å². The van der Waals surface area contributed by atoms with Crippen molar-refractivity contribution >= 4 is 34.8 Å². The molecule has 7 heteroatoms. The maximum atomic E-state index is 14.0. The molecule has 1 aliphatic heterocycles. The normalized spacial score (nSPS) is 17.7. The predicted molar refractivity (Wildman–Crippen MR) is 113 cm³/mol. The van der Waals surface area contributed by atoms with Crippen molar-refractivity contribution in [2.75, 3.05) is 16.8 Å². The standard InChI is InChI=1S/C23H18ClFN2O3/c1-14-5-4-6-15(11-14)23(30)17-7-2-3-8-20(17)27(22(23)29)13-21(28)26-19-10-9-16(24)12-18(19)25/h2-12,30H,13H2,1H3,(H,26,28). The Hall–Kier alpha value is -3.22. The van der Waals surface area contributed by atoms with Gasteiger partial charge in [-0.1, -0.05) is 59.6 Å². The molecule has 152 valence electrons. The first-order valence-electron chi connectivity index (χ1n) is 9.26. The molecule has 2 amide bonds. The highest BCUT2D eigenvalue weighted by atomic mass is 35.5. The van der Waals surface area contributed by atoms with Gasteiger partial charge in [0.2, 0.25) is 5.91 Å². The molecule has 4 rings (SSSR count). The molecule has 0 aliphatic carbocycles. The number of hydrogen-bond acceptors (Lipinski definition) is 3. The largest absolute Gasteiger partial charge is 0.372 e. The highest BCUT2D eigenvalue weighted by Gasteiger charge is 2.51. The van der Waals surface area contributed by atoms with E-state index in [1.54, 1.807) is 42.5 Å². The van der Waals surface area contributed by atoms with Gasteiger partial charge in [0.05, 0.1) is 11.4 Å². The summed E-state index contributed by atoms with van der Waals surface area (Å²) in [7, 11) is 0. The van der Waals surface area contributed by atoms with E-state index in [1.807, 2.05) is 13.0 Å². The number of amides is 2. The van der Waals surface area contributed by atoms with Gasteiger partial charge in [0.15, 0.2) is 5.60 Å². The number of anilines is 2. The zero-order valence-corrected chi connectivity index (χ0v) is 16.8. The lowest BCUT2D eigenvalue weighted by molar-refractivity contribution is -0.133. The molecule has 3 aromatic rings. The molecule has 0 spiro atoms. The maximum Gasteiger partial charge on any atom is 0.268 e. The lowest BCUT2D eigenvalue weighted by Crippen LogP contribution is -2.44. The minimum absolute atomic E-state index is 0.0433. The van der Waals surface area contributed by atoms with Crippen LogP contribution in [0.4, 0.5) is 15.8 Å². The molecule has 1 aliphatic rings. The Morgan fingerprint density at radius 2 is 1.90 bits per heavy atom. The van der Waals surface area contributed by atoms with E-state index >= 15 is 0 Å². The number of halogens is 2. The average molecular weight is 425 g/mol. The summed E-state index contributed by atoms with van der Waals surface area (Å²) in [5, 5.41) is 14.1. The Bertz CT molecular complexity index is 1170. The molecule has 1 heterocycles. The van der Waals surface area contributed by atoms with Crippen LogP contribution >= 0.6 is 11.6 Å². The quantitative estimate of drug-likeness (QED) is 0.665. The second kappa shape index (κ2) is 7.55. The molecule has 2 N–H and O–H groups in total. The third-order valence-electron chi connectivity index (χ3n) is 5.08. The van der Waals surface area contributed by atoms with Gasteiger partial charge in [-0.2, -0.15) is 0 Å². The van der Waals surface area contributed by atoms with Crippen LogP contribution in [0.2, 0.25) is 5.02 Å². The van der Waals surface area contributed by atoms with Crippen LogP contribution in [-0.4, -0.2) is 23.5 Å². The smallest absolute Gasteiger partial charge is 0.268 e. The van der Waals surface area contributed by atoms with Crippen LogP contribution in [0.5, 0.6) is 0 Å². The van der Waals surface area contributed by atoms with Crippen LogP contribution in [0.1, 0.15) is 16.7 Å². The summed E-state index contributed by atoms with van der Waals surface area (Å²) in [6, 6.07) is 17.7. The van der Waals surface area contributed by atoms with Gasteiger partial charge < -0.3 is 10.4 Å². The molecule has 0 fully saturated rings. The van der Waals surface area contributed by atoms with Crippen molar-refractivity contribution in [3.05, 3.63) is 94.3 Å². The fourth-order valence-electron chi connectivity index (χ4n) is 3.67. The SMILES string of the molecule is Cc1cccc(C2(O)C(=O)N(CC(=O)Nc3ccc(Cl)cc3F)c3ccccc32)c1. The van der Waals surface area contributed by atoms with Crippen LogP contribution in [0.15, 0.2) is 66.7 Å². The van der Waals surface area contributed by atoms with Crippen LogP contribution in [0, 0.1) is 12.7 Å². The Morgan fingerprint density at radius 1 is 1.13 bits per heavy atom. The van der Waals surface area contributed by atoms with Crippen molar-refractivity contribution < 1.29 is 19.1 Å². The van der Waals surface area contributed by atoms with Gasteiger partial charge in [0, 0.05) is 10.6 Å². The Morgan fingerprint density at radius 3 is 2.63 bits per heavy atom. The number of para-hydroxylation sites is 1. The number of benzene rings is 3. The fraction of sp³-hybridized carbons (Fsp3) is 0.130. The van der Waals surface area contributed by atoms with Crippen molar-refractivity contribution in [1.29, 1.82) is 0 Å². The topological polar surface area (TPSA) is 69.6 Å². The zero-order chi connectivity index (χ0) is 21.5. The first-order valence-corrected chi connectivity index (χ1v) is 9.64. The summed E-state index contributed by atoms with van der Waals surface area (Å²) >= 11 is 5.73. The molecule has 30 heavy (non-hydrogen) atoms. The number of fused-ring (bicyclic) bond motifs is 1. The second-order valence-corrected chi connectivity index (χ2v) is 7.60. The molecule has 1 unspecified atom stereocenters. The average Bonchev–Trinajstić information content (AvgIpc) is 2.93. The van der Waals surface area contributed by atoms with E-state index in [0.717, 1.165) is 11.6 Å². The third-order valence-corrected chi connectivity index (χ3v) is 5.32. The highest BCUT2D eigenvalue weighted by molar-refractivity contribution is 6.30. The number of nitrogens with one attached hydrogen (secondary N) is 1. The maximum absolute atomic E-state index is 14.0. The molecule has 0 aromatic heterocycles. The highest BCUT2D eigenvalue weighted by Crippen LogP contribution is 2.44.